The molecule has 0 unspecified atom stereocenters. The first-order chi connectivity index (χ1) is 12.2. The Kier molecular flexibility index (Phi) is 4.24. The lowest BCUT2D eigenvalue weighted by Gasteiger charge is -2.41. The van der Waals surface area contributed by atoms with E-state index in [0.29, 0.717) is 29.9 Å². The maximum Gasteiger partial charge on any atom is 0.296 e. The number of allylic oxidation sites excluding steroid dienone is 4. The van der Waals surface area contributed by atoms with Gasteiger partial charge in [-0.3, -0.25) is 10.1 Å². The summed E-state index contributed by atoms with van der Waals surface area (Å²) in [5.41, 5.74) is 1.84. The highest BCUT2D eigenvalue weighted by Gasteiger charge is 2.43. The van der Waals surface area contributed by atoms with Crippen LogP contribution in [0.5, 0.6) is 5.75 Å². The first-order valence-corrected chi connectivity index (χ1v) is 9.22. The highest BCUT2D eigenvalue weighted by Crippen LogP contribution is 2.51. The van der Waals surface area contributed by atoms with Crippen molar-refractivity contribution in [3.8, 4) is 5.75 Å². The van der Waals surface area contributed by atoms with Crippen molar-refractivity contribution in [3.05, 3.63) is 52.1 Å². The van der Waals surface area contributed by atoms with E-state index in [9.17, 15) is 10.1 Å². The summed E-state index contributed by atoms with van der Waals surface area (Å²) in [7, 11) is 0. The van der Waals surface area contributed by atoms with E-state index in [-0.39, 0.29) is 22.6 Å². The maximum absolute atomic E-state index is 11.7. The molecular weight excluding hydrogens is 316 g/mol. The van der Waals surface area contributed by atoms with Crippen molar-refractivity contribution >= 4 is 11.4 Å². The van der Waals surface area contributed by atoms with E-state index >= 15 is 0 Å². The summed E-state index contributed by atoms with van der Waals surface area (Å²) in [6.07, 6.45) is 13.3. The van der Waals surface area contributed by atoms with E-state index in [2.05, 4.69) is 29.6 Å². The Morgan fingerprint density at radius 3 is 2.88 bits per heavy atom. The summed E-state index contributed by atoms with van der Waals surface area (Å²) in [6, 6.07) is 3.84. The molecule has 3 aliphatic rings. The van der Waals surface area contributed by atoms with Crippen molar-refractivity contribution in [3.63, 3.8) is 0 Å². The lowest BCUT2D eigenvalue weighted by atomic mass is 9.72. The maximum atomic E-state index is 11.7. The van der Waals surface area contributed by atoms with Crippen LogP contribution in [0, 0.1) is 22.0 Å². The topological polar surface area (TPSA) is 64.4 Å². The van der Waals surface area contributed by atoms with Crippen LogP contribution in [0.2, 0.25) is 0 Å². The van der Waals surface area contributed by atoms with Crippen molar-refractivity contribution in [2.75, 3.05) is 11.9 Å². The molecule has 1 aromatic rings. The van der Waals surface area contributed by atoms with Gasteiger partial charge in [-0.25, -0.2) is 0 Å². The normalized spacial score (nSPS) is 29.6. The van der Waals surface area contributed by atoms with Crippen molar-refractivity contribution in [1.29, 1.82) is 0 Å². The number of fused-ring (bicyclic) bond motifs is 3. The van der Waals surface area contributed by atoms with E-state index in [0.717, 1.165) is 31.2 Å². The molecule has 4 atom stereocenters. The fourth-order valence-corrected chi connectivity index (χ4v) is 4.70. The monoisotopic (exact) mass is 340 g/mol. The van der Waals surface area contributed by atoms with Crippen LogP contribution in [-0.4, -0.2) is 17.6 Å². The molecule has 2 aliphatic carbocycles. The second-order valence-corrected chi connectivity index (χ2v) is 7.16. The molecule has 0 fully saturated rings. The Labute approximate surface area is 147 Å². The summed E-state index contributed by atoms with van der Waals surface area (Å²) >= 11 is 0. The number of hydrogen-bond donors (Lipinski definition) is 1. The molecule has 1 N–H and O–H groups in total. The number of rotatable bonds is 4. The quantitative estimate of drug-likeness (QED) is 0.485. The van der Waals surface area contributed by atoms with E-state index < -0.39 is 0 Å². The number of nitrogens with zero attached hydrogens (tertiary/aromatic N) is 1. The molecule has 1 heterocycles. The van der Waals surface area contributed by atoms with Gasteiger partial charge in [-0.1, -0.05) is 24.3 Å². The third kappa shape index (κ3) is 2.81. The molecule has 0 spiro atoms. The summed E-state index contributed by atoms with van der Waals surface area (Å²) < 4.78 is 5.59. The Hall–Kier alpha value is -2.30. The highest BCUT2D eigenvalue weighted by molar-refractivity contribution is 5.72. The minimum atomic E-state index is -0.287. The number of nitro groups is 1. The average Bonchev–Trinajstić information content (AvgIpc) is 3.11. The van der Waals surface area contributed by atoms with E-state index in [4.69, 9.17) is 4.74 Å². The first-order valence-electron chi connectivity index (χ1n) is 9.22. The van der Waals surface area contributed by atoms with Crippen molar-refractivity contribution in [2.24, 2.45) is 11.8 Å². The lowest BCUT2D eigenvalue weighted by molar-refractivity contribution is -0.384. The van der Waals surface area contributed by atoms with Crippen LogP contribution in [0.3, 0.4) is 0 Å². The molecule has 5 heteroatoms. The fraction of sp³-hybridized carbons (Fsp3) is 0.500. The summed E-state index contributed by atoms with van der Waals surface area (Å²) in [5.74, 6) is 1.84. The minimum absolute atomic E-state index is 0.135. The smallest absolute Gasteiger partial charge is 0.296 e. The minimum Gasteiger partial charge on any atom is -0.494 e. The summed E-state index contributed by atoms with van der Waals surface area (Å²) in [4.78, 5) is 11.4. The Bertz CT molecular complexity index is 741. The van der Waals surface area contributed by atoms with Crippen LogP contribution in [0.15, 0.2) is 36.4 Å². The van der Waals surface area contributed by atoms with E-state index in [1.807, 2.05) is 13.0 Å². The number of anilines is 1. The summed E-state index contributed by atoms with van der Waals surface area (Å²) in [6.45, 7) is 2.40. The van der Waals surface area contributed by atoms with Crippen LogP contribution < -0.4 is 10.1 Å². The number of ether oxygens (including phenoxy) is 1. The second-order valence-electron chi connectivity index (χ2n) is 7.16. The zero-order valence-electron chi connectivity index (χ0n) is 14.5. The van der Waals surface area contributed by atoms with Crippen LogP contribution >= 0.6 is 0 Å². The molecule has 0 bridgehead atoms. The van der Waals surface area contributed by atoms with Gasteiger partial charge in [-0.2, -0.15) is 0 Å². The van der Waals surface area contributed by atoms with Gasteiger partial charge in [0, 0.05) is 12.0 Å². The molecule has 25 heavy (non-hydrogen) atoms. The van der Waals surface area contributed by atoms with Gasteiger partial charge >= 0.3 is 0 Å². The molecule has 0 aromatic heterocycles. The number of nitro benzene ring substituents is 1. The molecule has 1 aliphatic heterocycles. The number of benzene rings is 1. The lowest BCUT2D eigenvalue weighted by Crippen LogP contribution is -2.42. The third-order valence-electron chi connectivity index (χ3n) is 5.79. The standard InChI is InChI=1S/C20H24N2O3/c1-2-25-14-11-17-15-9-6-10-16(15)19(13-7-4-3-5-8-13)21-20(17)18(12-14)22(23)24/h3-4,6,9,11-13,15-16,19,21H,2,5,7-8,10H2,1H3/t13-,15+,16-,19+/m0/s1. The molecule has 0 radical (unpaired) electrons. The van der Waals surface area contributed by atoms with Crippen molar-refractivity contribution < 1.29 is 9.66 Å². The Morgan fingerprint density at radius 2 is 2.16 bits per heavy atom. The summed E-state index contributed by atoms with van der Waals surface area (Å²) in [5, 5.41) is 15.3. The number of nitrogens with one attached hydrogen (secondary N) is 1. The molecule has 0 saturated carbocycles. The predicted molar refractivity (Wildman–Crippen MR) is 98.1 cm³/mol. The van der Waals surface area contributed by atoms with Gasteiger partial charge in [0.15, 0.2) is 0 Å². The average molecular weight is 340 g/mol. The molecule has 5 nitrogen and oxygen atoms in total. The molecule has 0 amide bonds. The van der Waals surface area contributed by atoms with Gasteiger partial charge in [0.1, 0.15) is 11.4 Å². The SMILES string of the molecule is CCOc1cc2c(c([N+](=O)[O-])c1)N[C@H]([C@H]1CC=CCC1)[C@H]1CC=C[C@@H]21. The third-order valence-corrected chi connectivity index (χ3v) is 5.79. The second kappa shape index (κ2) is 6.54. The van der Waals surface area contributed by atoms with Crippen molar-refractivity contribution in [2.45, 2.75) is 44.6 Å². The van der Waals surface area contributed by atoms with Gasteiger partial charge in [0.2, 0.25) is 0 Å². The van der Waals surface area contributed by atoms with Gasteiger partial charge in [0.05, 0.1) is 17.6 Å². The van der Waals surface area contributed by atoms with Crippen molar-refractivity contribution in [1.82, 2.24) is 0 Å². The van der Waals surface area contributed by atoms with Crippen LogP contribution in [0.1, 0.15) is 44.1 Å². The van der Waals surface area contributed by atoms with Gasteiger partial charge in [-0.15, -0.1) is 0 Å². The van der Waals surface area contributed by atoms with Gasteiger partial charge in [0.25, 0.3) is 5.69 Å². The van der Waals surface area contributed by atoms with Crippen LogP contribution in [-0.2, 0) is 0 Å². The molecule has 0 saturated heterocycles. The molecule has 132 valence electrons. The van der Waals surface area contributed by atoms with Gasteiger partial charge < -0.3 is 10.1 Å². The molecule has 4 rings (SSSR count). The van der Waals surface area contributed by atoms with E-state index in [1.54, 1.807) is 6.07 Å². The van der Waals surface area contributed by atoms with E-state index in [1.165, 1.54) is 0 Å². The fourth-order valence-electron chi connectivity index (χ4n) is 4.70. The zero-order chi connectivity index (χ0) is 17.4. The first kappa shape index (κ1) is 16.2. The Morgan fingerprint density at radius 1 is 1.28 bits per heavy atom. The number of hydrogen-bond acceptors (Lipinski definition) is 4. The van der Waals surface area contributed by atoms with Crippen LogP contribution in [0.4, 0.5) is 11.4 Å². The highest BCUT2D eigenvalue weighted by atomic mass is 16.6. The zero-order valence-corrected chi connectivity index (χ0v) is 14.5. The van der Waals surface area contributed by atoms with Gasteiger partial charge in [-0.05, 0) is 56.1 Å². The molecule has 1 aromatic carbocycles. The Balaban J connectivity index is 1.78. The van der Waals surface area contributed by atoms with Crippen LogP contribution in [0.25, 0.3) is 0 Å². The predicted octanol–water partition coefficient (Wildman–Crippen LogP) is 4.80. The molecular formula is C20H24N2O3. The largest absolute Gasteiger partial charge is 0.494 e.